The molecule has 3 N–H and O–H groups in total. The van der Waals surface area contributed by atoms with Crippen LogP contribution in [0.4, 0.5) is 5.82 Å². The number of carbonyl (C=O) groups is 1. The molecule has 1 rings (SSSR count). The Labute approximate surface area is 106 Å². The first-order chi connectivity index (χ1) is 8.35. The van der Waals surface area contributed by atoms with E-state index in [0.717, 1.165) is 6.26 Å². The maximum atomic E-state index is 12.0. The number of sulfone groups is 1. The molecule has 0 aromatic carbocycles. The lowest BCUT2D eigenvalue weighted by Crippen LogP contribution is -2.32. The molecule has 0 bridgehead atoms. The van der Waals surface area contributed by atoms with E-state index >= 15 is 0 Å². The SMILES string of the molecule is CN(CCS(C)(=O)=O)C(=O)c1cccnc1NN. The Morgan fingerprint density at radius 1 is 1.56 bits per heavy atom. The van der Waals surface area contributed by atoms with Crippen molar-refractivity contribution in [3.05, 3.63) is 23.9 Å². The summed E-state index contributed by atoms with van der Waals surface area (Å²) in [7, 11) is -1.57. The molecule has 7 nitrogen and oxygen atoms in total. The van der Waals surface area contributed by atoms with Crippen LogP contribution in [0.3, 0.4) is 0 Å². The Hall–Kier alpha value is -1.67. The largest absolute Gasteiger partial charge is 0.341 e. The van der Waals surface area contributed by atoms with Crippen LogP contribution in [0.1, 0.15) is 10.4 Å². The maximum absolute atomic E-state index is 12.0. The third-order valence-electron chi connectivity index (χ3n) is 2.32. The van der Waals surface area contributed by atoms with E-state index in [0.29, 0.717) is 5.56 Å². The number of nitrogens with one attached hydrogen (secondary N) is 1. The van der Waals surface area contributed by atoms with Crippen LogP contribution in [0.5, 0.6) is 0 Å². The number of nitrogens with two attached hydrogens (primary N) is 1. The van der Waals surface area contributed by atoms with Gasteiger partial charge in [0.15, 0.2) is 5.82 Å². The van der Waals surface area contributed by atoms with Gasteiger partial charge >= 0.3 is 0 Å². The van der Waals surface area contributed by atoms with E-state index in [-0.39, 0.29) is 24.0 Å². The van der Waals surface area contributed by atoms with Gasteiger partial charge in [0.1, 0.15) is 9.84 Å². The Bertz CT molecular complexity index is 530. The molecule has 0 aliphatic rings. The number of carbonyl (C=O) groups excluding carboxylic acids is 1. The summed E-state index contributed by atoms with van der Waals surface area (Å²) in [6, 6.07) is 3.18. The van der Waals surface area contributed by atoms with E-state index in [9.17, 15) is 13.2 Å². The van der Waals surface area contributed by atoms with Gasteiger partial charge in [-0.25, -0.2) is 19.2 Å². The summed E-state index contributed by atoms with van der Waals surface area (Å²) < 4.78 is 22.1. The first kappa shape index (κ1) is 14.4. The zero-order valence-corrected chi connectivity index (χ0v) is 11.1. The number of hydrogen-bond donors (Lipinski definition) is 2. The third-order valence-corrected chi connectivity index (χ3v) is 3.24. The van der Waals surface area contributed by atoms with Crippen LogP contribution >= 0.6 is 0 Å². The molecule has 1 amide bonds. The lowest BCUT2D eigenvalue weighted by molar-refractivity contribution is 0.0804. The van der Waals surface area contributed by atoms with Crippen LogP contribution < -0.4 is 11.3 Å². The molecule has 0 unspecified atom stereocenters. The zero-order valence-electron chi connectivity index (χ0n) is 10.3. The highest BCUT2D eigenvalue weighted by Crippen LogP contribution is 2.12. The molecule has 0 saturated heterocycles. The van der Waals surface area contributed by atoms with Crippen molar-refractivity contribution in [3.8, 4) is 0 Å². The Balaban J connectivity index is 2.80. The second-order valence-electron chi connectivity index (χ2n) is 3.90. The standard InChI is InChI=1S/C10H16N4O3S/c1-14(6-7-18(2,16)17)10(15)8-4-3-5-12-9(8)13-11/h3-5H,6-7,11H2,1-2H3,(H,12,13). The molecule has 0 saturated carbocycles. The van der Waals surface area contributed by atoms with Crippen molar-refractivity contribution in [2.45, 2.75) is 0 Å². The first-order valence-electron chi connectivity index (χ1n) is 5.20. The number of anilines is 1. The smallest absolute Gasteiger partial charge is 0.257 e. The fraction of sp³-hybridized carbons (Fsp3) is 0.400. The molecule has 0 aliphatic heterocycles. The number of pyridine rings is 1. The van der Waals surface area contributed by atoms with Crippen LogP contribution in [0.25, 0.3) is 0 Å². The highest BCUT2D eigenvalue weighted by molar-refractivity contribution is 7.90. The van der Waals surface area contributed by atoms with Gasteiger partial charge in [-0.3, -0.25) is 4.79 Å². The molecule has 0 fully saturated rings. The summed E-state index contributed by atoms with van der Waals surface area (Å²) in [4.78, 5) is 17.3. The molecule has 0 aliphatic carbocycles. The van der Waals surface area contributed by atoms with Gasteiger partial charge in [0, 0.05) is 26.0 Å². The minimum absolute atomic E-state index is 0.0825. The van der Waals surface area contributed by atoms with Crippen molar-refractivity contribution < 1.29 is 13.2 Å². The third kappa shape index (κ3) is 3.97. The van der Waals surface area contributed by atoms with Crippen molar-refractivity contribution in [2.75, 3.05) is 31.0 Å². The van der Waals surface area contributed by atoms with Gasteiger partial charge in [-0.2, -0.15) is 0 Å². The Morgan fingerprint density at radius 2 is 2.22 bits per heavy atom. The van der Waals surface area contributed by atoms with Crippen molar-refractivity contribution in [1.82, 2.24) is 9.88 Å². The maximum Gasteiger partial charge on any atom is 0.257 e. The molecule has 0 radical (unpaired) electrons. The van der Waals surface area contributed by atoms with E-state index in [1.807, 2.05) is 0 Å². The van der Waals surface area contributed by atoms with E-state index in [4.69, 9.17) is 5.84 Å². The van der Waals surface area contributed by atoms with Crippen LogP contribution in [-0.2, 0) is 9.84 Å². The number of nitrogens with zero attached hydrogens (tertiary/aromatic N) is 2. The molecule has 0 spiro atoms. The van der Waals surface area contributed by atoms with Gasteiger partial charge < -0.3 is 10.3 Å². The predicted molar refractivity (Wildman–Crippen MR) is 68.7 cm³/mol. The molecule has 100 valence electrons. The fourth-order valence-corrected chi connectivity index (χ4v) is 1.91. The second-order valence-corrected chi connectivity index (χ2v) is 6.16. The van der Waals surface area contributed by atoms with Gasteiger partial charge in [0.05, 0.1) is 11.3 Å². The van der Waals surface area contributed by atoms with Crippen LogP contribution in [0.15, 0.2) is 18.3 Å². The summed E-state index contributed by atoms with van der Waals surface area (Å²) in [6.07, 6.45) is 2.63. The van der Waals surface area contributed by atoms with Crippen LogP contribution in [-0.4, -0.2) is 49.8 Å². The number of nitrogen functional groups attached to an aromatic ring is 1. The Kier molecular flexibility index (Phi) is 4.62. The topological polar surface area (TPSA) is 105 Å². The molecule has 1 aromatic heterocycles. The van der Waals surface area contributed by atoms with Crippen molar-refractivity contribution >= 4 is 21.6 Å². The average molecular weight is 272 g/mol. The number of hydrazine groups is 1. The number of aromatic nitrogens is 1. The molecular weight excluding hydrogens is 256 g/mol. The van der Waals surface area contributed by atoms with Crippen molar-refractivity contribution in [2.24, 2.45) is 5.84 Å². The first-order valence-corrected chi connectivity index (χ1v) is 7.26. The highest BCUT2D eigenvalue weighted by Gasteiger charge is 2.17. The predicted octanol–water partition coefficient (Wildman–Crippen LogP) is -0.516. The molecule has 0 atom stereocenters. The van der Waals surface area contributed by atoms with Gasteiger partial charge in [0.25, 0.3) is 5.91 Å². The molecule has 1 aromatic rings. The van der Waals surface area contributed by atoms with Crippen molar-refractivity contribution in [1.29, 1.82) is 0 Å². The van der Waals surface area contributed by atoms with Gasteiger partial charge in [0.2, 0.25) is 0 Å². The molecule has 1 heterocycles. The minimum Gasteiger partial charge on any atom is -0.341 e. The monoisotopic (exact) mass is 272 g/mol. The number of hydrogen-bond acceptors (Lipinski definition) is 6. The van der Waals surface area contributed by atoms with Gasteiger partial charge in [-0.05, 0) is 12.1 Å². The fourth-order valence-electron chi connectivity index (χ4n) is 1.30. The van der Waals surface area contributed by atoms with Crippen LogP contribution in [0.2, 0.25) is 0 Å². The lowest BCUT2D eigenvalue weighted by Gasteiger charge is -2.17. The summed E-state index contributed by atoms with van der Waals surface area (Å²) in [5.41, 5.74) is 2.63. The molecule has 8 heteroatoms. The summed E-state index contributed by atoms with van der Waals surface area (Å²) in [6.45, 7) is 0.122. The Morgan fingerprint density at radius 3 is 2.78 bits per heavy atom. The second kappa shape index (κ2) is 5.78. The molecular formula is C10H16N4O3S. The normalized spacial score (nSPS) is 11.1. The highest BCUT2D eigenvalue weighted by atomic mass is 32.2. The van der Waals surface area contributed by atoms with Crippen molar-refractivity contribution in [3.63, 3.8) is 0 Å². The van der Waals surface area contributed by atoms with Gasteiger partial charge in [-0.1, -0.05) is 0 Å². The lowest BCUT2D eigenvalue weighted by atomic mass is 10.2. The van der Waals surface area contributed by atoms with Gasteiger partial charge in [-0.15, -0.1) is 0 Å². The minimum atomic E-state index is -3.10. The van der Waals surface area contributed by atoms with E-state index in [1.54, 1.807) is 12.1 Å². The van der Waals surface area contributed by atoms with E-state index in [1.165, 1.54) is 18.1 Å². The van der Waals surface area contributed by atoms with E-state index < -0.39 is 9.84 Å². The molecule has 18 heavy (non-hydrogen) atoms. The zero-order chi connectivity index (χ0) is 13.8. The van der Waals surface area contributed by atoms with Crippen LogP contribution in [0, 0.1) is 0 Å². The number of rotatable bonds is 5. The summed E-state index contributed by atoms with van der Waals surface area (Å²) in [5.74, 6) is 5.09. The average Bonchev–Trinajstić information content (AvgIpc) is 2.34. The summed E-state index contributed by atoms with van der Waals surface area (Å²) in [5, 5.41) is 0. The quantitative estimate of drug-likeness (QED) is 0.552. The number of amides is 1. The summed E-state index contributed by atoms with van der Waals surface area (Å²) >= 11 is 0. The van der Waals surface area contributed by atoms with E-state index in [2.05, 4.69) is 10.4 Å².